The van der Waals surface area contributed by atoms with E-state index in [4.69, 9.17) is 9.97 Å². The van der Waals surface area contributed by atoms with Gasteiger partial charge in [-0.2, -0.15) is 0 Å². The SMILES string of the molecule is O=[N+]([O-])c1ccccc1N1CCN(c2nc(-c3ccncc3)nc3ccccc23)CC1. The van der Waals surface area contributed by atoms with Crippen LogP contribution in [-0.4, -0.2) is 46.1 Å². The lowest BCUT2D eigenvalue weighted by Gasteiger charge is -2.36. The standard InChI is InChI=1S/C23H20N6O2/c30-29(31)21-8-4-3-7-20(21)27-13-15-28(16-14-27)23-18-5-1-2-6-19(18)25-22(26-23)17-9-11-24-12-10-17/h1-12H,13-16H2. The molecule has 1 saturated heterocycles. The van der Waals surface area contributed by atoms with Crippen molar-refractivity contribution in [2.45, 2.75) is 0 Å². The number of pyridine rings is 1. The molecule has 0 spiro atoms. The van der Waals surface area contributed by atoms with Crippen molar-refractivity contribution < 1.29 is 4.92 Å². The molecule has 8 heteroatoms. The summed E-state index contributed by atoms with van der Waals surface area (Å²) in [7, 11) is 0. The van der Waals surface area contributed by atoms with Crippen molar-refractivity contribution in [1.82, 2.24) is 15.0 Å². The van der Waals surface area contributed by atoms with Crippen molar-refractivity contribution in [3.8, 4) is 11.4 Å². The van der Waals surface area contributed by atoms with E-state index < -0.39 is 0 Å². The van der Waals surface area contributed by atoms with Crippen LogP contribution >= 0.6 is 0 Å². The molecule has 1 aliphatic heterocycles. The minimum atomic E-state index is -0.319. The first-order chi connectivity index (χ1) is 15.2. The van der Waals surface area contributed by atoms with Crippen molar-refractivity contribution >= 4 is 28.1 Å². The average Bonchev–Trinajstić information content (AvgIpc) is 2.84. The summed E-state index contributed by atoms with van der Waals surface area (Å²) >= 11 is 0. The Hall–Kier alpha value is -4.07. The summed E-state index contributed by atoms with van der Waals surface area (Å²) in [4.78, 5) is 29.1. The Morgan fingerprint density at radius 3 is 2.26 bits per heavy atom. The summed E-state index contributed by atoms with van der Waals surface area (Å²) in [6, 6.07) is 18.7. The zero-order valence-corrected chi connectivity index (χ0v) is 16.8. The van der Waals surface area contributed by atoms with Gasteiger partial charge in [0, 0.05) is 55.6 Å². The number of fused-ring (bicyclic) bond motifs is 1. The van der Waals surface area contributed by atoms with Crippen molar-refractivity contribution in [3.05, 3.63) is 83.2 Å². The number of nitro groups is 1. The van der Waals surface area contributed by atoms with E-state index in [1.807, 2.05) is 48.5 Å². The second-order valence-electron chi connectivity index (χ2n) is 7.34. The van der Waals surface area contributed by atoms with Gasteiger partial charge in [0.25, 0.3) is 5.69 Å². The first-order valence-corrected chi connectivity index (χ1v) is 10.1. The van der Waals surface area contributed by atoms with E-state index in [1.54, 1.807) is 24.5 Å². The maximum absolute atomic E-state index is 11.4. The maximum atomic E-state index is 11.4. The fourth-order valence-electron chi connectivity index (χ4n) is 3.98. The molecule has 0 unspecified atom stereocenters. The van der Waals surface area contributed by atoms with Crippen molar-refractivity contribution in [2.75, 3.05) is 36.0 Å². The van der Waals surface area contributed by atoms with E-state index in [2.05, 4.69) is 14.8 Å². The Balaban J connectivity index is 1.47. The van der Waals surface area contributed by atoms with Gasteiger partial charge in [-0.05, 0) is 30.3 Å². The third-order valence-corrected chi connectivity index (χ3v) is 5.52. The highest BCUT2D eigenvalue weighted by molar-refractivity contribution is 5.91. The number of piperazine rings is 1. The van der Waals surface area contributed by atoms with Crippen LogP contribution in [0, 0.1) is 10.1 Å². The highest BCUT2D eigenvalue weighted by Gasteiger charge is 2.25. The molecule has 2 aromatic heterocycles. The summed E-state index contributed by atoms with van der Waals surface area (Å²) < 4.78 is 0. The highest BCUT2D eigenvalue weighted by Crippen LogP contribution is 2.31. The van der Waals surface area contributed by atoms with Gasteiger partial charge in [0.1, 0.15) is 11.5 Å². The van der Waals surface area contributed by atoms with E-state index in [9.17, 15) is 10.1 Å². The van der Waals surface area contributed by atoms with E-state index in [1.165, 1.54) is 0 Å². The third-order valence-electron chi connectivity index (χ3n) is 5.52. The second kappa shape index (κ2) is 7.98. The molecule has 0 radical (unpaired) electrons. The van der Waals surface area contributed by atoms with Crippen LogP contribution in [0.5, 0.6) is 0 Å². The minimum Gasteiger partial charge on any atom is -0.362 e. The molecular weight excluding hydrogens is 392 g/mol. The lowest BCUT2D eigenvalue weighted by atomic mass is 10.1. The summed E-state index contributed by atoms with van der Waals surface area (Å²) in [5.41, 5.74) is 2.61. The van der Waals surface area contributed by atoms with Gasteiger partial charge in [0.2, 0.25) is 0 Å². The maximum Gasteiger partial charge on any atom is 0.292 e. The Bertz CT molecular complexity index is 1240. The number of anilines is 2. The second-order valence-corrected chi connectivity index (χ2v) is 7.34. The van der Waals surface area contributed by atoms with E-state index in [-0.39, 0.29) is 10.6 Å². The Kier molecular flexibility index (Phi) is 4.87. The fraction of sp³-hybridized carbons (Fsp3) is 0.174. The molecule has 3 heterocycles. The zero-order valence-electron chi connectivity index (χ0n) is 16.8. The van der Waals surface area contributed by atoms with E-state index in [0.717, 1.165) is 22.3 Å². The summed E-state index contributed by atoms with van der Waals surface area (Å²) in [6.45, 7) is 2.77. The van der Waals surface area contributed by atoms with Crippen LogP contribution in [0.4, 0.5) is 17.2 Å². The molecule has 0 bridgehead atoms. The Labute approximate surface area is 179 Å². The predicted octanol–water partition coefficient (Wildman–Crippen LogP) is 3.93. The normalized spacial score (nSPS) is 14.1. The van der Waals surface area contributed by atoms with Crippen LogP contribution in [0.15, 0.2) is 73.1 Å². The largest absolute Gasteiger partial charge is 0.362 e. The minimum absolute atomic E-state index is 0.142. The summed E-state index contributed by atoms with van der Waals surface area (Å²) in [5.74, 6) is 1.55. The van der Waals surface area contributed by atoms with Gasteiger partial charge in [-0.15, -0.1) is 0 Å². The van der Waals surface area contributed by atoms with Crippen molar-refractivity contribution in [2.24, 2.45) is 0 Å². The summed E-state index contributed by atoms with van der Waals surface area (Å²) in [6.07, 6.45) is 3.47. The number of rotatable bonds is 4. The Morgan fingerprint density at radius 2 is 1.48 bits per heavy atom. The van der Waals surface area contributed by atoms with Crippen LogP contribution < -0.4 is 9.80 Å². The Morgan fingerprint density at radius 1 is 0.806 bits per heavy atom. The number of nitrogens with zero attached hydrogens (tertiary/aromatic N) is 6. The van der Waals surface area contributed by atoms with Gasteiger partial charge in [-0.25, -0.2) is 9.97 Å². The molecule has 1 aliphatic rings. The molecule has 154 valence electrons. The lowest BCUT2D eigenvalue weighted by molar-refractivity contribution is -0.384. The predicted molar refractivity (Wildman–Crippen MR) is 120 cm³/mol. The monoisotopic (exact) mass is 412 g/mol. The number of aromatic nitrogens is 3. The smallest absolute Gasteiger partial charge is 0.292 e. The zero-order chi connectivity index (χ0) is 21.2. The average molecular weight is 412 g/mol. The van der Waals surface area contributed by atoms with E-state index in [0.29, 0.717) is 37.7 Å². The van der Waals surface area contributed by atoms with Gasteiger partial charge in [-0.3, -0.25) is 15.1 Å². The number of hydrogen-bond donors (Lipinski definition) is 0. The topological polar surface area (TPSA) is 88.3 Å². The molecule has 1 fully saturated rings. The molecule has 0 saturated carbocycles. The molecule has 5 rings (SSSR count). The third kappa shape index (κ3) is 3.63. The van der Waals surface area contributed by atoms with Crippen LogP contribution in [0.3, 0.4) is 0 Å². The molecule has 8 nitrogen and oxygen atoms in total. The van der Waals surface area contributed by atoms with E-state index >= 15 is 0 Å². The molecule has 31 heavy (non-hydrogen) atoms. The van der Waals surface area contributed by atoms with Gasteiger partial charge in [0.05, 0.1) is 10.4 Å². The van der Waals surface area contributed by atoms with Gasteiger partial charge < -0.3 is 9.80 Å². The molecular formula is C23H20N6O2. The summed E-state index contributed by atoms with van der Waals surface area (Å²) in [5, 5.41) is 12.4. The lowest BCUT2D eigenvalue weighted by Crippen LogP contribution is -2.47. The van der Waals surface area contributed by atoms with Crippen LogP contribution in [0.1, 0.15) is 0 Å². The number of hydrogen-bond acceptors (Lipinski definition) is 7. The van der Waals surface area contributed by atoms with Crippen LogP contribution in [-0.2, 0) is 0 Å². The van der Waals surface area contributed by atoms with Crippen LogP contribution in [0.25, 0.3) is 22.3 Å². The highest BCUT2D eigenvalue weighted by atomic mass is 16.6. The molecule has 0 amide bonds. The fourth-order valence-corrected chi connectivity index (χ4v) is 3.98. The number of para-hydroxylation sites is 3. The quantitative estimate of drug-likeness (QED) is 0.371. The molecule has 0 atom stereocenters. The molecule has 4 aromatic rings. The number of benzene rings is 2. The van der Waals surface area contributed by atoms with Crippen LogP contribution in [0.2, 0.25) is 0 Å². The van der Waals surface area contributed by atoms with Crippen molar-refractivity contribution in [1.29, 1.82) is 0 Å². The first-order valence-electron chi connectivity index (χ1n) is 10.1. The molecule has 2 aromatic carbocycles. The van der Waals surface area contributed by atoms with Crippen molar-refractivity contribution in [3.63, 3.8) is 0 Å². The van der Waals surface area contributed by atoms with Gasteiger partial charge >= 0.3 is 0 Å². The molecule has 0 N–H and O–H groups in total. The van der Waals surface area contributed by atoms with Gasteiger partial charge in [0.15, 0.2) is 5.82 Å². The van der Waals surface area contributed by atoms with Gasteiger partial charge in [-0.1, -0.05) is 24.3 Å². The molecule has 0 aliphatic carbocycles. The first kappa shape index (κ1) is 18.9. The number of nitro benzene ring substituents is 1.